The van der Waals surface area contributed by atoms with E-state index in [0.717, 1.165) is 57.9 Å². The normalized spacial score (nSPS) is 18.2. The first-order valence-electron chi connectivity index (χ1n) is 9.17. The molecular weight excluding hydrogens is 461 g/mol. The van der Waals surface area contributed by atoms with Crippen LogP contribution in [0.5, 0.6) is 0 Å². The van der Waals surface area contributed by atoms with E-state index in [-0.39, 0.29) is 35.8 Å². The average Bonchev–Trinajstić information content (AvgIpc) is 3.01. The Labute approximate surface area is 178 Å². The van der Waals surface area contributed by atoms with Crippen LogP contribution in [0.25, 0.3) is 0 Å². The Balaban J connectivity index is 0.00000338. The molecule has 0 saturated carbocycles. The second-order valence-corrected chi connectivity index (χ2v) is 7.55. The lowest BCUT2D eigenvalue weighted by Crippen LogP contribution is -2.43. The molecular formula is C18H32IN5OS. The molecule has 1 fully saturated rings. The molecule has 0 bridgehead atoms. The second-order valence-electron chi connectivity index (χ2n) is 6.54. The number of hydrogen-bond acceptors (Lipinski definition) is 4. The molecule has 1 saturated heterocycles. The van der Waals surface area contributed by atoms with E-state index in [0.29, 0.717) is 6.54 Å². The van der Waals surface area contributed by atoms with Gasteiger partial charge in [-0.05, 0) is 63.2 Å². The first-order chi connectivity index (χ1) is 12.1. The minimum atomic E-state index is -0.159. The maximum absolute atomic E-state index is 11.3. The highest BCUT2D eigenvalue weighted by Crippen LogP contribution is 2.17. The number of rotatable bonds is 8. The first kappa shape index (κ1) is 23.2. The number of nitrogens with one attached hydrogen (secondary N) is 2. The van der Waals surface area contributed by atoms with E-state index < -0.39 is 0 Å². The summed E-state index contributed by atoms with van der Waals surface area (Å²) in [6.07, 6.45) is 3.02. The molecule has 148 valence electrons. The number of amides is 1. The van der Waals surface area contributed by atoms with Gasteiger partial charge in [0.2, 0.25) is 5.91 Å². The number of aryl methyl sites for hydroxylation is 1. The predicted octanol–water partition coefficient (Wildman–Crippen LogP) is 2.32. The summed E-state index contributed by atoms with van der Waals surface area (Å²) in [6, 6.07) is 2.13. The van der Waals surface area contributed by atoms with E-state index in [1.54, 1.807) is 11.3 Å². The van der Waals surface area contributed by atoms with Crippen molar-refractivity contribution in [3.8, 4) is 0 Å². The number of halogens is 1. The van der Waals surface area contributed by atoms with Crippen LogP contribution in [0.15, 0.2) is 16.4 Å². The number of carbonyl (C=O) groups excluding carboxylic acids is 1. The highest BCUT2D eigenvalue weighted by Gasteiger charge is 2.23. The van der Waals surface area contributed by atoms with Crippen molar-refractivity contribution in [1.82, 2.24) is 15.5 Å². The Morgan fingerprint density at radius 2 is 2.27 bits per heavy atom. The lowest BCUT2D eigenvalue weighted by atomic mass is 9.97. The second kappa shape index (κ2) is 12.5. The van der Waals surface area contributed by atoms with Crippen LogP contribution in [0.4, 0.5) is 0 Å². The van der Waals surface area contributed by atoms with Crippen LogP contribution in [0.2, 0.25) is 0 Å². The highest BCUT2D eigenvalue weighted by molar-refractivity contribution is 14.0. The molecule has 0 radical (unpaired) electrons. The van der Waals surface area contributed by atoms with E-state index in [4.69, 9.17) is 5.73 Å². The van der Waals surface area contributed by atoms with Crippen LogP contribution in [0, 0.1) is 12.8 Å². The minimum absolute atomic E-state index is 0. The van der Waals surface area contributed by atoms with Gasteiger partial charge in [-0.1, -0.05) is 0 Å². The highest BCUT2D eigenvalue weighted by atomic mass is 127. The predicted molar refractivity (Wildman–Crippen MR) is 120 cm³/mol. The molecule has 2 heterocycles. The summed E-state index contributed by atoms with van der Waals surface area (Å²) < 4.78 is 0. The Morgan fingerprint density at radius 1 is 1.46 bits per heavy atom. The maximum Gasteiger partial charge on any atom is 0.221 e. The van der Waals surface area contributed by atoms with Gasteiger partial charge >= 0.3 is 0 Å². The molecule has 6 nitrogen and oxygen atoms in total. The number of thiophene rings is 1. The zero-order chi connectivity index (χ0) is 18.1. The van der Waals surface area contributed by atoms with Gasteiger partial charge in [0.05, 0.1) is 12.5 Å². The molecule has 0 spiro atoms. The van der Waals surface area contributed by atoms with E-state index >= 15 is 0 Å². The first-order valence-corrected chi connectivity index (χ1v) is 10.0. The Morgan fingerprint density at radius 3 is 2.92 bits per heavy atom. The van der Waals surface area contributed by atoms with Gasteiger partial charge in [-0.3, -0.25) is 4.79 Å². The molecule has 8 heteroatoms. The number of primary amides is 1. The van der Waals surface area contributed by atoms with Crippen LogP contribution >= 0.6 is 35.3 Å². The summed E-state index contributed by atoms with van der Waals surface area (Å²) in [5, 5.41) is 8.80. The van der Waals surface area contributed by atoms with Crippen LogP contribution < -0.4 is 16.4 Å². The molecule has 26 heavy (non-hydrogen) atoms. The Kier molecular flexibility index (Phi) is 11.1. The standard InChI is InChI=1S/C18H31N5OS.HI/c1-3-20-18(22-12-16-14(2)7-11-25-16)21-8-5-10-23-9-4-6-15(13-23)17(19)24;/h7,11,15H,3-6,8-10,12-13H2,1-2H3,(H2,19,24)(H2,20,21,22);1H. The molecule has 1 unspecified atom stereocenters. The smallest absolute Gasteiger partial charge is 0.221 e. The summed E-state index contributed by atoms with van der Waals surface area (Å²) >= 11 is 1.75. The third-order valence-corrected chi connectivity index (χ3v) is 5.55. The van der Waals surface area contributed by atoms with Gasteiger partial charge < -0.3 is 21.3 Å². The Hall–Kier alpha value is -0.870. The van der Waals surface area contributed by atoms with Gasteiger partial charge in [0.15, 0.2) is 5.96 Å². The molecule has 1 aliphatic rings. The topological polar surface area (TPSA) is 82.8 Å². The Bertz CT molecular complexity index is 578. The van der Waals surface area contributed by atoms with Crippen molar-refractivity contribution in [2.24, 2.45) is 16.6 Å². The summed E-state index contributed by atoms with van der Waals surface area (Å²) in [5.41, 5.74) is 6.74. The SMILES string of the molecule is CCNC(=NCc1sccc1C)NCCCN1CCCC(C(N)=O)C1.I. The number of likely N-dealkylation sites (tertiary alicyclic amines) is 1. The number of aliphatic imine (C=N–C) groups is 1. The molecule has 1 amide bonds. The fourth-order valence-electron chi connectivity index (χ4n) is 3.06. The molecule has 0 aliphatic carbocycles. The number of nitrogens with two attached hydrogens (primary N) is 1. The van der Waals surface area contributed by atoms with Crippen molar-refractivity contribution in [2.45, 2.75) is 39.7 Å². The van der Waals surface area contributed by atoms with Crippen molar-refractivity contribution in [2.75, 3.05) is 32.7 Å². The monoisotopic (exact) mass is 493 g/mol. The number of guanidine groups is 1. The summed E-state index contributed by atoms with van der Waals surface area (Å²) in [6.45, 7) is 9.49. The number of nitrogens with zero attached hydrogens (tertiary/aromatic N) is 2. The van der Waals surface area contributed by atoms with Gasteiger partial charge in [0, 0.05) is 24.5 Å². The van der Waals surface area contributed by atoms with Gasteiger partial charge in [-0.15, -0.1) is 35.3 Å². The van der Waals surface area contributed by atoms with Gasteiger partial charge in [0.1, 0.15) is 0 Å². The average molecular weight is 493 g/mol. The van der Waals surface area contributed by atoms with Crippen LogP contribution in [0.1, 0.15) is 36.6 Å². The summed E-state index contributed by atoms with van der Waals surface area (Å²) in [7, 11) is 0. The van der Waals surface area contributed by atoms with Gasteiger partial charge in [0.25, 0.3) is 0 Å². The van der Waals surface area contributed by atoms with E-state index in [1.165, 1.54) is 10.4 Å². The summed E-state index contributed by atoms with van der Waals surface area (Å²) in [4.78, 5) is 19.7. The molecule has 1 aliphatic heterocycles. The van der Waals surface area contributed by atoms with E-state index in [9.17, 15) is 4.79 Å². The lowest BCUT2D eigenvalue weighted by molar-refractivity contribution is -0.123. The van der Waals surface area contributed by atoms with Crippen LogP contribution in [-0.4, -0.2) is 49.5 Å². The largest absolute Gasteiger partial charge is 0.369 e. The number of carbonyl (C=O) groups is 1. The third-order valence-electron chi connectivity index (χ3n) is 4.54. The molecule has 1 aromatic heterocycles. The zero-order valence-corrected chi connectivity index (χ0v) is 18.9. The lowest BCUT2D eigenvalue weighted by Gasteiger charge is -2.31. The van der Waals surface area contributed by atoms with E-state index in [2.05, 4.69) is 45.8 Å². The minimum Gasteiger partial charge on any atom is -0.369 e. The quantitative estimate of drug-likeness (QED) is 0.225. The fraction of sp³-hybridized carbons (Fsp3) is 0.667. The zero-order valence-electron chi connectivity index (χ0n) is 15.8. The number of piperidine rings is 1. The van der Waals surface area contributed by atoms with Crippen molar-refractivity contribution < 1.29 is 4.79 Å². The molecule has 2 rings (SSSR count). The number of hydrogen-bond donors (Lipinski definition) is 3. The van der Waals surface area contributed by atoms with E-state index in [1.807, 2.05) is 0 Å². The molecule has 4 N–H and O–H groups in total. The van der Waals surface area contributed by atoms with Crippen molar-refractivity contribution in [1.29, 1.82) is 0 Å². The van der Waals surface area contributed by atoms with Gasteiger partial charge in [-0.25, -0.2) is 4.99 Å². The molecule has 1 aromatic rings. The fourth-order valence-corrected chi connectivity index (χ4v) is 3.89. The third kappa shape index (κ3) is 7.79. The van der Waals surface area contributed by atoms with Crippen LogP contribution in [-0.2, 0) is 11.3 Å². The van der Waals surface area contributed by atoms with Crippen molar-refractivity contribution in [3.05, 3.63) is 21.9 Å². The summed E-state index contributed by atoms with van der Waals surface area (Å²) in [5.74, 6) is 0.729. The molecule has 0 aromatic carbocycles. The van der Waals surface area contributed by atoms with Crippen molar-refractivity contribution in [3.63, 3.8) is 0 Å². The van der Waals surface area contributed by atoms with Crippen LogP contribution in [0.3, 0.4) is 0 Å². The van der Waals surface area contributed by atoms with Gasteiger partial charge in [-0.2, -0.15) is 0 Å². The maximum atomic E-state index is 11.3. The van der Waals surface area contributed by atoms with Crippen molar-refractivity contribution >= 4 is 47.2 Å². The molecule has 1 atom stereocenters.